The molecule has 2 aromatic rings. The number of rotatable bonds is 16. The minimum absolute atomic E-state index is 0.251. The van der Waals surface area contributed by atoms with Crippen molar-refractivity contribution in [1.82, 2.24) is 9.97 Å². The van der Waals surface area contributed by atoms with Crippen molar-refractivity contribution in [2.75, 3.05) is 0 Å². The molecule has 0 aliphatic carbocycles. The highest BCUT2D eigenvalue weighted by atomic mass is 16.5. The zero-order chi connectivity index (χ0) is 23.0. The number of aryl methyl sites for hydroxylation is 2. The van der Waals surface area contributed by atoms with Gasteiger partial charge in [0, 0.05) is 18.8 Å². The van der Waals surface area contributed by atoms with Crippen LogP contribution in [0.2, 0.25) is 0 Å². The number of hydrogen-bond donors (Lipinski definition) is 0. The third-order valence-electron chi connectivity index (χ3n) is 5.99. The van der Waals surface area contributed by atoms with Crippen molar-refractivity contribution in [3.05, 3.63) is 59.2 Å². The summed E-state index contributed by atoms with van der Waals surface area (Å²) < 4.78 is 5.78. The van der Waals surface area contributed by atoms with Crippen molar-refractivity contribution in [3.63, 3.8) is 0 Å². The first-order valence-corrected chi connectivity index (χ1v) is 12.8. The van der Waals surface area contributed by atoms with E-state index in [4.69, 9.17) is 4.74 Å². The van der Waals surface area contributed by atoms with E-state index in [9.17, 15) is 4.79 Å². The number of nitrogens with zero attached hydrogens (tertiary/aromatic N) is 2. The second-order valence-electron chi connectivity index (χ2n) is 8.76. The largest absolute Gasteiger partial charge is 0.454 e. The summed E-state index contributed by atoms with van der Waals surface area (Å²) in [5.41, 5.74) is 2.81. The van der Waals surface area contributed by atoms with Crippen LogP contribution >= 0.6 is 0 Å². The summed E-state index contributed by atoms with van der Waals surface area (Å²) in [5, 5.41) is 0. The summed E-state index contributed by atoms with van der Waals surface area (Å²) in [7, 11) is 0. The van der Waals surface area contributed by atoms with Gasteiger partial charge in [-0.1, -0.05) is 96.4 Å². The Morgan fingerprint density at radius 3 is 1.97 bits per heavy atom. The van der Waals surface area contributed by atoms with Crippen LogP contribution < -0.4 is 0 Å². The Hall–Kier alpha value is -2.23. The van der Waals surface area contributed by atoms with Crippen molar-refractivity contribution in [2.24, 2.45) is 0 Å². The van der Waals surface area contributed by atoms with Crippen LogP contribution in [0.4, 0.5) is 0 Å². The van der Waals surface area contributed by atoms with Crippen LogP contribution in [-0.2, 0) is 17.6 Å². The van der Waals surface area contributed by atoms with Crippen LogP contribution in [0.15, 0.2) is 36.7 Å². The average Bonchev–Trinajstić information content (AvgIpc) is 2.83. The number of carbonyl (C=O) groups is 1. The number of unbranched alkanes of at least 4 members (excludes halogenated alkanes) is 8. The minimum atomic E-state index is -0.355. The van der Waals surface area contributed by atoms with Gasteiger partial charge in [0.1, 0.15) is 11.9 Å². The monoisotopic (exact) mass is 438 g/mol. The maximum absolute atomic E-state index is 12.6. The van der Waals surface area contributed by atoms with Crippen LogP contribution in [0.5, 0.6) is 0 Å². The lowest BCUT2D eigenvalue weighted by Gasteiger charge is -2.17. The highest BCUT2D eigenvalue weighted by molar-refractivity contribution is 5.88. The molecule has 2 rings (SSSR count). The van der Waals surface area contributed by atoms with E-state index in [1.54, 1.807) is 12.4 Å². The van der Waals surface area contributed by atoms with Crippen molar-refractivity contribution >= 4 is 5.97 Å². The molecule has 0 aliphatic rings. The molecule has 0 amide bonds. The second-order valence-corrected chi connectivity index (χ2v) is 8.76. The molecule has 0 saturated carbocycles. The molecule has 176 valence electrons. The normalized spacial score (nSPS) is 12.0. The fourth-order valence-electron chi connectivity index (χ4n) is 3.89. The van der Waals surface area contributed by atoms with E-state index in [1.807, 2.05) is 6.92 Å². The van der Waals surface area contributed by atoms with Gasteiger partial charge in [-0.05, 0) is 36.8 Å². The highest BCUT2D eigenvalue weighted by Gasteiger charge is 2.17. The van der Waals surface area contributed by atoms with Crippen molar-refractivity contribution in [2.45, 2.75) is 110 Å². The fourth-order valence-corrected chi connectivity index (χ4v) is 3.89. The molecule has 32 heavy (non-hydrogen) atoms. The molecule has 1 unspecified atom stereocenters. The van der Waals surface area contributed by atoms with Crippen LogP contribution in [0.1, 0.15) is 125 Å². The molecule has 1 aromatic heterocycles. The Morgan fingerprint density at radius 1 is 0.781 bits per heavy atom. The Morgan fingerprint density at radius 2 is 1.34 bits per heavy atom. The van der Waals surface area contributed by atoms with E-state index in [0.717, 1.165) is 37.1 Å². The molecule has 4 heteroatoms. The van der Waals surface area contributed by atoms with Crippen molar-refractivity contribution in [1.29, 1.82) is 0 Å². The molecule has 0 radical (unpaired) electrons. The Bertz CT molecular complexity index is 756. The Balaban J connectivity index is 1.82. The van der Waals surface area contributed by atoms with Crippen molar-refractivity contribution in [3.8, 4) is 0 Å². The van der Waals surface area contributed by atoms with Crippen molar-refractivity contribution < 1.29 is 9.53 Å². The number of benzene rings is 1. The predicted molar refractivity (Wildman–Crippen MR) is 132 cm³/mol. The summed E-state index contributed by atoms with van der Waals surface area (Å²) in [4.78, 5) is 21.4. The molecule has 4 nitrogen and oxygen atoms in total. The SMILES string of the molecule is CCCCCCCCc1ncc(C(=O)OC(CC)c2ccc(CCCCCC)cc2)cn1. The number of esters is 1. The van der Waals surface area contributed by atoms with Crippen LogP contribution in [0.3, 0.4) is 0 Å². The standard InChI is InChI=1S/C28H42N2O2/c1-4-7-9-11-12-14-16-27-29-21-25(22-30-27)28(31)32-26(6-3)24-19-17-23(18-20-24)15-13-10-8-5-2/h17-22,26H,4-16H2,1-3H3. The Kier molecular flexibility index (Phi) is 12.6. The summed E-state index contributed by atoms with van der Waals surface area (Å²) >= 11 is 0. The van der Waals surface area contributed by atoms with Crippen LogP contribution in [0.25, 0.3) is 0 Å². The summed E-state index contributed by atoms with van der Waals surface area (Å²) in [6.07, 6.45) is 18.2. The Labute approximate surface area is 195 Å². The zero-order valence-corrected chi connectivity index (χ0v) is 20.4. The molecular weight excluding hydrogens is 396 g/mol. The van der Waals surface area contributed by atoms with E-state index >= 15 is 0 Å². The van der Waals surface area contributed by atoms with Gasteiger partial charge in [-0.15, -0.1) is 0 Å². The average molecular weight is 439 g/mol. The van der Waals surface area contributed by atoms with Gasteiger partial charge in [-0.2, -0.15) is 0 Å². The number of hydrogen-bond acceptors (Lipinski definition) is 4. The quantitative estimate of drug-likeness (QED) is 0.198. The van der Waals surface area contributed by atoms with Gasteiger partial charge in [-0.25, -0.2) is 14.8 Å². The lowest BCUT2D eigenvalue weighted by atomic mass is 10.0. The number of aromatic nitrogens is 2. The molecule has 0 fully saturated rings. The van der Waals surface area contributed by atoms with Crippen LogP contribution in [-0.4, -0.2) is 15.9 Å². The maximum atomic E-state index is 12.6. The molecule has 0 spiro atoms. The predicted octanol–water partition coefficient (Wildman–Crippen LogP) is 7.81. The molecule has 1 atom stereocenters. The molecule has 1 heterocycles. The first-order chi connectivity index (χ1) is 15.7. The second kappa shape index (κ2) is 15.6. The molecule has 0 saturated heterocycles. The third-order valence-corrected chi connectivity index (χ3v) is 5.99. The first-order valence-electron chi connectivity index (χ1n) is 12.8. The topological polar surface area (TPSA) is 52.1 Å². The number of carbonyl (C=O) groups excluding carboxylic acids is 1. The molecule has 0 aliphatic heterocycles. The van der Waals surface area contributed by atoms with Gasteiger partial charge in [0.2, 0.25) is 0 Å². The summed E-state index contributed by atoms with van der Waals surface area (Å²) in [6.45, 7) is 6.50. The zero-order valence-electron chi connectivity index (χ0n) is 20.4. The van der Waals surface area contributed by atoms with Gasteiger partial charge in [0.15, 0.2) is 0 Å². The van der Waals surface area contributed by atoms with Gasteiger partial charge in [0.05, 0.1) is 5.56 Å². The fraction of sp³-hybridized carbons (Fsp3) is 0.607. The number of ether oxygens (including phenoxy) is 1. The minimum Gasteiger partial charge on any atom is -0.454 e. The van der Waals surface area contributed by atoms with Gasteiger partial charge < -0.3 is 4.74 Å². The lowest BCUT2D eigenvalue weighted by molar-refractivity contribution is 0.0286. The van der Waals surface area contributed by atoms with Crippen LogP contribution in [0, 0.1) is 0 Å². The highest BCUT2D eigenvalue weighted by Crippen LogP contribution is 2.23. The van der Waals surface area contributed by atoms with E-state index in [1.165, 1.54) is 63.4 Å². The summed E-state index contributed by atoms with van der Waals surface area (Å²) in [5.74, 6) is 0.449. The molecule has 1 aromatic carbocycles. The van der Waals surface area contributed by atoms with E-state index in [-0.39, 0.29) is 12.1 Å². The van der Waals surface area contributed by atoms with Gasteiger partial charge in [-0.3, -0.25) is 0 Å². The van der Waals surface area contributed by atoms with Gasteiger partial charge >= 0.3 is 5.97 Å². The molecule has 0 bridgehead atoms. The first kappa shape index (κ1) is 26.0. The van der Waals surface area contributed by atoms with E-state index < -0.39 is 0 Å². The maximum Gasteiger partial charge on any atom is 0.341 e. The molecule has 0 N–H and O–H groups in total. The van der Waals surface area contributed by atoms with E-state index in [2.05, 4.69) is 48.1 Å². The third kappa shape index (κ3) is 9.50. The van der Waals surface area contributed by atoms with Gasteiger partial charge in [0.25, 0.3) is 0 Å². The molecular formula is C28H42N2O2. The summed E-state index contributed by atoms with van der Waals surface area (Å²) in [6, 6.07) is 8.52. The van der Waals surface area contributed by atoms with E-state index in [0.29, 0.717) is 5.56 Å². The lowest BCUT2D eigenvalue weighted by Crippen LogP contribution is -2.12. The smallest absolute Gasteiger partial charge is 0.341 e.